The van der Waals surface area contributed by atoms with Crippen molar-refractivity contribution in [3.63, 3.8) is 0 Å². The third-order valence-corrected chi connectivity index (χ3v) is 4.62. The van der Waals surface area contributed by atoms with Gasteiger partial charge < -0.3 is 24.4 Å². The quantitative estimate of drug-likeness (QED) is 0.752. The predicted octanol–water partition coefficient (Wildman–Crippen LogP) is 3.00. The fourth-order valence-electron chi connectivity index (χ4n) is 2.65. The van der Waals surface area contributed by atoms with Gasteiger partial charge in [0.05, 0.1) is 36.9 Å². The van der Waals surface area contributed by atoms with Crippen LogP contribution in [-0.4, -0.2) is 44.8 Å². The Kier molecular flexibility index (Phi) is 5.94. The van der Waals surface area contributed by atoms with Crippen LogP contribution >= 0.6 is 15.9 Å². The standard InChI is InChI=1S/C17H21BrN2O5/c1-6-25-15-11(18)7-10(8-12(15)23-4)14-13(16(21)24-5)9(2)20(3)17(22)19-14/h7-8,14H,6H2,1-5H3,(H,19,22)/t14-/m1/s1. The van der Waals surface area contributed by atoms with E-state index < -0.39 is 12.0 Å². The zero-order valence-corrected chi connectivity index (χ0v) is 16.4. The zero-order chi connectivity index (χ0) is 18.7. The van der Waals surface area contributed by atoms with Crippen molar-refractivity contribution in [3.8, 4) is 11.5 Å². The van der Waals surface area contributed by atoms with Crippen LogP contribution < -0.4 is 14.8 Å². The molecule has 25 heavy (non-hydrogen) atoms. The molecule has 1 aliphatic rings. The molecule has 7 nitrogen and oxygen atoms in total. The van der Waals surface area contributed by atoms with Crippen LogP contribution in [0.1, 0.15) is 25.5 Å². The van der Waals surface area contributed by atoms with Crippen molar-refractivity contribution >= 4 is 27.9 Å². The Balaban J connectivity index is 2.60. The summed E-state index contributed by atoms with van der Waals surface area (Å²) in [5.74, 6) is 0.563. The first kappa shape index (κ1) is 19.1. The van der Waals surface area contributed by atoms with Gasteiger partial charge in [0.15, 0.2) is 11.5 Å². The Morgan fingerprint density at radius 3 is 2.60 bits per heavy atom. The van der Waals surface area contributed by atoms with Crippen molar-refractivity contribution < 1.29 is 23.8 Å². The molecule has 1 aromatic rings. The Labute approximate surface area is 155 Å². The first-order valence-corrected chi connectivity index (χ1v) is 8.48. The van der Waals surface area contributed by atoms with Gasteiger partial charge in [-0.15, -0.1) is 0 Å². The summed E-state index contributed by atoms with van der Waals surface area (Å²) < 4.78 is 16.5. The molecule has 8 heteroatoms. The van der Waals surface area contributed by atoms with Crippen LogP contribution in [0.4, 0.5) is 4.79 Å². The average Bonchev–Trinajstić information content (AvgIpc) is 2.60. The number of hydrogen-bond acceptors (Lipinski definition) is 5. The molecule has 0 unspecified atom stereocenters. The monoisotopic (exact) mass is 412 g/mol. The second-order valence-corrected chi connectivity index (χ2v) is 6.25. The summed E-state index contributed by atoms with van der Waals surface area (Å²) in [5.41, 5.74) is 1.57. The number of esters is 1. The molecule has 0 fully saturated rings. The number of carbonyl (C=O) groups is 2. The lowest BCUT2D eigenvalue weighted by Gasteiger charge is -2.33. The molecular formula is C17H21BrN2O5. The number of nitrogens with zero attached hydrogens (tertiary/aromatic N) is 1. The highest BCUT2D eigenvalue weighted by Gasteiger charge is 2.35. The largest absolute Gasteiger partial charge is 0.493 e. The molecule has 0 saturated carbocycles. The number of amides is 2. The molecule has 0 aliphatic carbocycles. The molecule has 1 aliphatic heterocycles. The van der Waals surface area contributed by atoms with Crippen LogP contribution in [0.15, 0.2) is 27.9 Å². The summed E-state index contributed by atoms with van der Waals surface area (Å²) in [6.45, 7) is 4.06. The van der Waals surface area contributed by atoms with Crippen LogP contribution in [0.25, 0.3) is 0 Å². The Morgan fingerprint density at radius 2 is 2.04 bits per heavy atom. The lowest BCUT2D eigenvalue weighted by atomic mass is 9.94. The lowest BCUT2D eigenvalue weighted by molar-refractivity contribution is -0.136. The third kappa shape index (κ3) is 3.58. The van der Waals surface area contributed by atoms with E-state index in [1.807, 2.05) is 6.92 Å². The highest BCUT2D eigenvalue weighted by atomic mass is 79.9. The lowest BCUT2D eigenvalue weighted by Crippen LogP contribution is -2.46. The number of urea groups is 1. The topological polar surface area (TPSA) is 77.1 Å². The van der Waals surface area contributed by atoms with E-state index in [-0.39, 0.29) is 6.03 Å². The number of allylic oxidation sites excluding steroid dienone is 1. The number of nitrogens with one attached hydrogen (secondary N) is 1. The van der Waals surface area contributed by atoms with Crippen LogP contribution in [0.3, 0.4) is 0 Å². The van der Waals surface area contributed by atoms with Gasteiger partial charge in [0.25, 0.3) is 0 Å². The van der Waals surface area contributed by atoms with Crippen LogP contribution in [0.2, 0.25) is 0 Å². The van der Waals surface area contributed by atoms with E-state index in [9.17, 15) is 9.59 Å². The number of rotatable bonds is 5. The highest BCUT2D eigenvalue weighted by molar-refractivity contribution is 9.10. The minimum Gasteiger partial charge on any atom is -0.493 e. The maximum absolute atomic E-state index is 12.3. The summed E-state index contributed by atoms with van der Waals surface area (Å²) in [6, 6.07) is 2.57. The minimum atomic E-state index is -0.656. The van der Waals surface area contributed by atoms with E-state index in [4.69, 9.17) is 14.2 Å². The molecular weight excluding hydrogens is 392 g/mol. The van der Waals surface area contributed by atoms with E-state index in [2.05, 4.69) is 21.2 Å². The predicted molar refractivity (Wildman–Crippen MR) is 95.6 cm³/mol. The van der Waals surface area contributed by atoms with Crippen molar-refractivity contribution in [2.24, 2.45) is 0 Å². The second kappa shape index (κ2) is 7.77. The van der Waals surface area contributed by atoms with Gasteiger partial charge in [-0.3, -0.25) is 0 Å². The van der Waals surface area contributed by atoms with Crippen LogP contribution in [0, 0.1) is 0 Å². The molecule has 0 saturated heterocycles. The maximum atomic E-state index is 12.3. The molecule has 0 aromatic heterocycles. The molecule has 1 N–H and O–H groups in total. The van der Waals surface area contributed by atoms with Gasteiger partial charge in [0, 0.05) is 12.7 Å². The summed E-state index contributed by atoms with van der Waals surface area (Å²) in [7, 11) is 4.44. The number of carbonyl (C=O) groups excluding carboxylic acids is 2. The van der Waals surface area contributed by atoms with Crippen LogP contribution in [0.5, 0.6) is 11.5 Å². The third-order valence-electron chi connectivity index (χ3n) is 4.03. The normalized spacial score (nSPS) is 17.3. The van der Waals surface area contributed by atoms with Crippen molar-refractivity contribution in [3.05, 3.63) is 33.4 Å². The Hall–Kier alpha value is -2.22. The number of halogens is 1. The number of hydrogen-bond donors (Lipinski definition) is 1. The number of benzene rings is 1. The molecule has 136 valence electrons. The van der Waals surface area contributed by atoms with E-state index in [1.165, 1.54) is 19.1 Å². The minimum absolute atomic E-state index is 0.306. The number of ether oxygens (including phenoxy) is 3. The smallest absolute Gasteiger partial charge is 0.337 e. The van der Waals surface area contributed by atoms with Crippen molar-refractivity contribution in [1.82, 2.24) is 10.2 Å². The highest BCUT2D eigenvalue weighted by Crippen LogP contribution is 2.40. The fraction of sp³-hybridized carbons (Fsp3) is 0.412. The SMILES string of the molecule is CCOc1c(Br)cc([C@H]2NC(=O)N(C)C(C)=C2C(=O)OC)cc1OC. The van der Waals surface area contributed by atoms with Gasteiger partial charge in [0.1, 0.15) is 0 Å². The summed E-state index contributed by atoms with van der Waals surface area (Å²) >= 11 is 3.46. The first-order chi connectivity index (χ1) is 11.8. The van der Waals surface area contributed by atoms with E-state index in [0.29, 0.717) is 39.4 Å². The van der Waals surface area contributed by atoms with Crippen molar-refractivity contribution in [2.75, 3.05) is 27.9 Å². The second-order valence-electron chi connectivity index (χ2n) is 5.40. The summed E-state index contributed by atoms with van der Waals surface area (Å²) in [4.78, 5) is 25.9. The Morgan fingerprint density at radius 1 is 1.36 bits per heavy atom. The maximum Gasteiger partial charge on any atom is 0.337 e. The molecule has 1 atom stereocenters. The molecule has 2 rings (SSSR count). The van der Waals surface area contributed by atoms with E-state index in [0.717, 1.165) is 0 Å². The molecule has 0 spiro atoms. The summed E-state index contributed by atoms with van der Waals surface area (Å²) in [5, 5.41) is 2.82. The molecule has 0 bridgehead atoms. The molecule has 1 heterocycles. The van der Waals surface area contributed by atoms with Gasteiger partial charge >= 0.3 is 12.0 Å². The molecule has 2 amide bonds. The van der Waals surface area contributed by atoms with Gasteiger partial charge in [-0.25, -0.2) is 9.59 Å². The van der Waals surface area contributed by atoms with Gasteiger partial charge in [-0.05, 0) is 47.5 Å². The number of methoxy groups -OCH3 is 2. The van der Waals surface area contributed by atoms with E-state index >= 15 is 0 Å². The fourth-order valence-corrected chi connectivity index (χ4v) is 3.22. The van der Waals surface area contributed by atoms with E-state index in [1.54, 1.807) is 26.1 Å². The van der Waals surface area contributed by atoms with Crippen LogP contribution in [-0.2, 0) is 9.53 Å². The van der Waals surface area contributed by atoms with Gasteiger partial charge in [-0.1, -0.05) is 0 Å². The van der Waals surface area contributed by atoms with Gasteiger partial charge in [-0.2, -0.15) is 0 Å². The Bertz CT molecular complexity index is 732. The average molecular weight is 413 g/mol. The van der Waals surface area contributed by atoms with Gasteiger partial charge in [0.2, 0.25) is 0 Å². The zero-order valence-electron chi connectivity index (χ0n) is 14.8. The van der Waals surface area contributed by atoms with Crippen molar-refractivity contribution in [2.45, 2.75) is 19.9 Å². The summed E-state index contributed by atoms with van der Waals surface area (Å²) in [6.07, 6.45) is 0. The molecule has 0 radical (unpaired) electrons. The first-order valence-electron chi connectivity index (χ1n) is 7.69. The van der Waals surface area contributed by atoms with Crippen molar-refractivity contribution in [1.29, 1.82) is 0 Å². The molecule has 1 aromatic carbocycles.